The highest BCUT2D eigenvalue weighted by Crippen LogP contribution is 2.25. The minimum atomic E-state index is 0.459. The Bertz CT molecular complexity index is 371. The Morgan fingerprint density at radius 2 is 2.00 bits per heavy atom. The summed E-state index contributed by atoms with van der Waals surface area (Å²) < 4.78 is 0. The summed E-state index contributed by atoms with van der Waals surface area (Å²) in [5.74, 6) is 0. The summed E-state index contributed by atoms with van der Waals surface area (Å²) in [4.78, 5) is 2.21. The van der Waals surface area contributed by atoms with E-state index in [0.29, 0.717) is 6.04 Å². The summed E-state index contributed by atoms with van der Waals surface area (Å²) in [6, 6.07) is 7.47. The molecule has 0 amide bonds. The lowest BCUT2D eigenvalue weighted by molar-refractivity contribution is 0.389. The monoisotopic (exact) mass is 232 g/mol. The summed E-state index contributed by atoms with van der Waals surface area (Å²) in [5, 5.41) is 3.58. The van der Waals surface area contributed by atoms with Crippen molar-refractivity contribution in [3.63, 3.8) is 0 Å². The number of hydrogen-bond acceptors (Lipinski definition) is 2. The third kappa shape index (κ3) is 3.30. The number of rotatable bonds is 5. The molecule has 2 heteroatoms. The van der Waals surface area contributed by atoms with Crippen molar-refractivity contribution >= 4 is 0 Å². The van der Waals surface area contributed by atoms with E-state index in [0.717, 1.165) is 13.1 Å². The van der Waals surface area contributed by atoms with E-state index in [1.807, 2.05) is 0 Å². The van der Waals surface area contributed by atoms with Gasteiger partial charge in [0.15, 0.2) is 0 Å². The second-order valence-corrected chi connectivity index (χ2v) is 5.36. The van der Waals surface area contributed by atoms with Gasteiger partial charge in [0.2, 0.25) is 0 Å². The zero-order valence-corrected chi connectivity index (χ0v) is 11.3. The van der Waals surface area contributed by atoms with Crippen molar-refractivity contribution in [3.05, 3.63) is 34.9 Å². The number of likely N-dealkylation sites (N-methyl/N-ethyl adjacent to an activating group) is 1. The average molecular weight is 232 g/mol. The van der Waals surface area contributed by atoms with Crippen LogP contribution >= 0.6 is 0 Å². The van der Waals surface area contributed by atoms with Crippen LogP contribution in [-0.4, -0.2) is 32.1 Å². The van der Waals surface area contributed by atoms with Gasteiger partial charge in [0.25, 0.3) is 0 Å². The van der Waals surface area contributed by atoms with Gasteiger partial charge in [-0.1, -0.05) is 18.2 Å². The van der Waals surface area contributed by atoms with Crippen LogP contribution in [-0.2, 0) is 12.8 Å². The Kier molecular flexibility index (Phi) is 4.19. The molecule has 0 heterocycles. The fourth-order valence-electron chi connectivity index (χ4n) is 2.48. The molecule has 0 aromatic heterocycles. The summed E-state index contributed by atoms with van der Waals surface area (Å²) in [7, 11) is 4.23. The molecule has 1 aromatic carbocycles. The molecule has 1 unspecified atom stereocenters. The molecule has 0 bridgehead atoms. The third-order valence-electron chi connectivity index (χ3n) is 3.63. The largest absolute Gasteiger partial charge is 0.309 e. The maximum Gasteiger partial charge on any atom is 0.0292 e. The van der Waals surface area contributed by atoms with Crippen molar-refractivity contribution < 1.29 is 0 Å². The van der Waals surface area contributed by atoms with E-state index in [1.54, 1.807) is 11.1 Å². The summed E-state index contributed by atoms with van der Waals surface area (Å²) in [6.07, 6.45) is 3.88. The molecule has 1 aromatic rings. The van der Waals surface area contributed by atoms with Gasteiger partial charge in [-0.05, 0) is 57.0 Å². The molecular formula is C15H24N2. The number of fused-ring (bicyclic) bond motifs is 1. The molecular weight excluding hydrogens is 208 g/mol. The maximum atomic E-state index is 3.58. The van der Waals surface area contributed by atoms with Crippen molar-refractivity contribution in [2.75, 3.05) is 27.2 Å². The Balaban J connectivity index is 1.92. The summed E-state index contributed by atoms with van der Waals surface area (Å²) in [6.45, 7) is 4.40. The lowest BCUT2D eigenvalue weighted by atomic mass is 10.0. The molecule has 0 saturated carbocycles. The first kappa shape index (κ1) is 12.6. The van der Waals surface area contributed by atoms with Crippen LogP contribution in [0.4, 0.5) is 0 Å². The lowest BCUT2D eigenvalue weighted by Gasteiger charge is -2.17. The Hall–Kier alpha value is -0.860. The van der Waals surface area contributed by atoms with Crippen LogP contribution in [0.25, 0.3) is 0 Å². The van der Waals surface area contributed by atoms with Crippen LogP contribution in [0.5, 0.6) is 0 Å². The van der Waals surface area contributed by atoms with E-state index >= 15 is 0 Å². The van der Waals surface area contributed by atoms with Gasteiger partial charge in [-0.2, -0.15) is 0 Å². The standard InChI is InChI=1S/C15H24N2/c1-12(16-9-10-17(2)3)14-8-7-13-5-4-6-15(13)11-14/h7-8,11-12,16H,4-6,9-10H2,1-3H3. The SMILES string of the molecule is CC(NCCN(C)C)c1ccc2c(c1)CCC2. The highest BCUT2D eigenvalue weighted by molar-refractivity contribution is 5.36. The first-order valence-corrected chi connectivity index (χ1v) is 6.66. The van der Waals surface area contributed by atoms with Gasteiger partial charge >= 0.3 is 0 Å². The van der Waals surface area contributed by atoms with Gasteiger partial charge in [-0.3, -0.25) is 0 Å². The smallest absolute Gasteiger partial charge is 0.0292 e. The van der Waals surface area contributed by atoms with Crippen molar-refractivity contribution in [1.29, 1.82) is 0 Å². The van der Waals surface area contributed by atoms with Crippen molar-refractivity contribution in [3.8, 4) is 0 Å². The molecule has 17 heavy (non-hydrogen) atoms. The molecule has 0 fully saturated rings. The van der Waals surface area contributed by atoms with Gasteiger partial charge in [-0.15, -0.1) is 0 Å². The van der Waals surface area contributed by atoms with E-state index in [1.165, 1.54) is 24.8 Å². The van der Waals surface area contributed by atoms with E-state index in [-0.39, 0.29) is 0 Å². The van der Waals surface area contributed by atoms with Crippen molar-refractivity contribution in [2.24, 2.45) is 0 Å². The van der Waals surface area contributed by atoms with Crippen molar-refractivity contribution in [2.45, 2.75) is 32.2 Å². The first-order valence-electron chi connectivity index (χ1n) is 6.66. The Labute approximate surface area is 105 Å². The zero-order valence-electron chi connectivity index (χ0n) is 11.3. The molecule has 94 valence electrons. The van der Waals surface area contributed by atoms with Gasteiger partial charge < -0.3 is 10.2 Å². The number of aryl methyl sites for hydroxylation is 2. The lowest BCUT2D eigenvalue weighted by Crippen LogP contribution is -2.28. The first-order chi connectivity index (χ1) is 8.16. The third-order valence-corrected chi connectivity index (χ3v) is 3.63. The van der Waals surface area contributed by atoms with Crippen LogP contribution < -0.4 is 5.32 Å². The average Bonchev–Trinajstić information content (AvgIpc) is 2.75. The Morgan fingerprint density at radius 1 is 1.24 bits per heavy atom. The number of nitrogens with one attached hydrogen (secondary N) is 1. The predicted octanol–water partition coefficient (Wildman–Crippen LogP) is 2.39. The zero-order chi connectivity index (χ0) is 12.3. The van der Waals surface area contributed by atoms with E-state index < -0.39 is 0 Å². The van der Waals surface area contributed by atoms with Crippen LogP contribution in [0.1, 0.15) is 36.1 Å². The molecule has 0 spiro atoms. The second kappa shape index (κ2) is 5.65. The normalized spacial score (nSPS) is 16.2. The topological polar surface area (TPSA) is 15.3 Å². The number of hydrogen-bond donors (Lipinski definition) is 1. The van der Waals surface area contributed by atoms with E-state index in [4.69, 9.17) is 0 Å². The molecule has 2 nitrogen and oxygen atoms in total. The molecule has 0 saturated heterocycles. The molecule has 1 atom stereocenters. The molecule has 2 rings (SSSR count). The Morgan fingerprint density at radius 3 is 2.76 bits per heavy atom. The highest BCUT2D eigenvalue weighted by atomic mass is 15.1. The van der Waals surface area contributed by atoms with E-state index in [2.05, 4.69) is 49.4 Å². The van der Waals surface area contributed by atoms with Gasteiger partial charge in [0, 0.05) is 19.1 Å². The maximum absolute atomic E-state index is 3.58. The highest BCUT2D eigenvalue weighted by Gasteiger charge is 2.13. The van der Waals surface area contributed by atoms with Gasteiger partial charge in [0.05, 0.1) is 0 Å². The van der Waals surface area contributed by atoms with Crippen molar-refractivity contribution in [1.82, 2.24) is 10.2 Å². The molecule has 1 aliphatic carbocycles. The minimum absolute atomic E-state index is 0.459. The summed E-state index contributed by atoms with van der Waals surface area (Å²) in [5.41, 5.74) is 4.57. The number of nitrogens with zero attached hydrogens (tertiary/aromatic N) is 1. The second-order valence-electron chi connectivity index (χ2n) is 5.36. The molecule has 0 aliphatic heterocycles. The molecule has 1 aliphatic rings. The molecule has 0 radical (unpaired) electrons. The quantitative estimate of drug-likeness (QED) is 0.838. The fraction of sp³-hybridized carbons (Fsp3) is 0.600. The number of benzene rings is 1. The molecule has 1 N–H and O–H groups in total. The predicted molar refractivity (Wildman–Crippen MR) is 73.4 cm³/mol. The van der Waals surface area contributed by atoms with Crippen LogP contribution in [0.2, 0.25) is 0 Å². The van der Waals surface area contributed by atoms with Crippen LogP contribution in [0.3, 0.4) is 0 Å². The van der Waals surface area contributed by atoms with Crippen LogP contribution in [0, 0.1) is 0 Å². The fourth-order valence-corrected chi connectivity index (χ4v) is 2.48. The minimum Gasteiger partial charge on any atom is -0.309 e. The summed E-state index contributed by atoms with van der Waals surface area (Å²) >= 11 is 0. The van der Waals surface area contributed by atoms with Gasteiger partial charge in [0.1, 0.15) is 0 Å². The van der Waals surface area contributed by atoms with E-state index in [9.17, 15) is 0 Å². The van der Waals surface area contributed by atoms with Gasteiger partial charge in [-0.25, -0.2) is 0 Å². The van der Waals surface area contributed by atoms with Crippen LogP contribution in [0.15, 0.2) is 18.2 Å².